The standard InChI is InChI=1S/C39H28N2/c1-2-27(22-23-40)29-12-9-13-30(24-29)31-16-19-35-33(25-31)18-21-37-36-20-17-32(28-10-5-3-6-11-28)26-38(36)41(39(35)37)34-14-7-4-8-15-34/h2-26,40H,1H2/b27-22+,40-23?. The van der Waals surface area contributed by atoms with Gasteiger partial charge in [-0.3, -0.25) is 0 Å². The van der Waals surface area contributed by atoms with Crippen molar-refractivity contribution in [1.29, 1.82) is 5.41 Å². The number of allylic oxidation sites excluding steroid dienone is 3. The molecule has 41 heavy (non-hydrogen) atoms. The molecule has 2 nitrogen and oxygen atoms in total. The van der Waals surface area contributed by atoms with Crippen molar-refractivity contribution >= 4 is 44.4 Å². The van der Waals surface area contributed by atoms with Crippen LogP contribution in [0.1, 0.15) is 5.56 Å². The molecule has 1 aromatic heterocycles. The normalized spacial score (nSPS) is 11.8. The summed E-state index contributed by atoms with van der Waals surface area (Å²) in [4.78, 5) is 0. The van der Waals surface area contributed by atoms with Crippen molar-refractivity contribution in [3.63, 3.8) is 0 Å². The Balaban J connectivity index is 1.47. The SMILES string of the molecule is C=C/C(=C\C=N)c1cccc(-c2ccc3c(ccc4c5ccc(-c6ccccc6)cc5n(-c5ccccc5)c34)c2)c1. The van der Waals surface area contributed by atoms with Gasteiger partial charge in [0, 0.05) is 28.1 Å². The summed E-state index contributed by atoms with van der Waals surface area (Å²) >= 11 is 0. The van der Waals surface area contributed by atoms with Gasteiger partial charge < -0.3 is 9.98 Å². The molecule has 0 fully saturated rings. The van der Waals surface area contributed by atoms with Crippen LogP contribution in [0.4, 0.5) is 0 Å². The van der Waals surface area contributed by atoms with E-state index in [1.165, 1.54) is 49.9 Å². The second kappa shape index (κ2) is 10.3. The molecule has 1 N–H and O–H groups in total. The molecule has 7 aromatic rings. The van der Waals surface area contributed by atoms with Crippen LogP contribution in [0, 0.1) is 5.41 Å². The van der Waals surface area contributed by atoms with E-state index >= 15 is 0 Å². The molecular weight excluding hydrogens is 496 g/mol. The molecule has 0 aliphatic rings. The Hall–Kier alpha value is -5.47. The fraction of sp³-hybridized carbons (Fsp3) is 0. The molecule has 2 heteroatoms. The average molecular weight is 525 g/mol. The van der Waals surface area contributed by atoms with Crippen LogP contribution in [0.25, 0.3) is 66.1 Å². The number of fused-ring (bicyclic) bond motifs is 5. The largest absolute Gasteiger partial charge is 0.309 e. The van der Waals surface area contributed by atoms with Crippen molar-refractivity contribution in [1.82, 2.24) is 4.57 Å². The van der Waals surface area contributed by atoms with Gasteiger partial charge in [-0.2, -0.15) is 0 Å². The van der Waals surface area contributed by atoms with Crippen LogP contribution in [-0.4, -0.2) is 10.8 Å². The Morgan fingerprint density at radius 3 is 2.00 bits per heavy atom. The van der Waals surface area contributed by atoms with Crippen molar-refractivity contribution in [2.24, 2.45) is 0 Å². The van der Waals surface area contributed by atoms with Crippen LogP contribution < -0.4 is 0 Å². The number of hydrogen-bond acceptors (Lipinski definition) is 1. The first-order valence-electron chi connectivity index (χ1n) is 13.8. The summed E-state index contributed by atoms with van der Waals surface area (Å²) in [5, 5.41) is 12.4. The first-order valence-corrected chi connectivity index (χ1v) is 13.8. The van der Waals surface area contributed by atoms with E-state index in [1.54, 1.807) is 12.2 Å². The number of hydrogen-bond donors (Lipinski definition) is 1. The van der Waals surface area contributed by atoms with Crippen molar-refractivity contribution in [2.75, 3.05) is 0 Å². The number of para-hydroxylation sites is 1. The third kappa shape index (κ3) is 4.27. The highest BCUT2D eigenvalue weighted by Gasteiger charge is 2.16. The van der Waals surface area contributed by atoms with Gasteiger partial charge >= 0.3 is 0 Å². The monoisotopic (exact) mass is 524 g/mol. The minimum atomic E-state index is 0.937. The molecule has 6 aromatic carbocycles. The Morgan fingerprint density at radius 1 is 0.585 bits per heavy atom. The molecule has 0 saturated carbocycles. The van der Waals surface area contributed by atoms with Crippen LogP contribution in [0.5, 0.6) is 0 Å². The zero-order valence-corrected chi connectivity index (χ0v) is 22.6. The molecule has 194 valence electrons. The Labute approximate surface area is 239 Å². The van der Waals surface area contributed by atoms with Gasteiger partial charge in [0.25, 0.3) is 0 Å². The number of nitrogens with one attached hydrogen (secondary N) is 1. The molecule has 0 saturated heterocycles. The molecule has 0 spiro atoms. The van der Waals surface area contributed by atoms with Crippen LogP contribution in [0.3, 0.4) is 0 Å². The summed E-state index contributed by atoms with van der Waals surface area (Å²) in [5.74, 6) is 0. The van der Waals surface area contributed by atoms with Crippen LogP contribution >= 0.6 is 0 Å². The summed E-state index contributed by atoms with van der Waals surface area (Å²) in [6.45, 7) is 3.93. The van der Waals surface area contributed by atoms with E-state index in [2.05, 4.69) is 145 Å². The molecule has 0 aliphatic heterocycles. The van der Waals surface area contributed by atoms with Crippen LogP contribution in [0.2, 0.25) is 0 Å². The van der Waals surface area contributed by atoms with Crippen molar-refractivity contribution < 1.29 is 0 Å². The summed E-state index contributed by atoms with van der Waals surface area (Å²) in [6, 6.07) is 47.8. The third-order valence-corrected chi connectivity index (χ3v) is 7.88. The van der Waals surface area contributed by atoms with Gasteiger partial charge in [-0.05, 0) is 75.2 Å². The molecular formula is C39H28N2. The van der Waals surface area contributed by atoms with Gasteiger partial charge in [0.2, 0.25) is 0 Å². The van der Waals surface area contributed by atoms with Gasteiger partial charge in [-0.1, -0.05) is 116 Å². The lowest BCUT2D eigenvalue weighted by molar-refractivity contribution is 1.19. The lowest BCUT2D eigenvalue weighted by atomic mass is 9.96. The number of benzene rings is 6. The van der Waals surface area contributed by atoms with E-state index in [9.17, 15) is 0 Å². The number of nitrogens with zero attached hydrogens (tertiary/aromatic N) is 1. The molecule has 0 bridgehead atoms. The lowest BCUT2D eigenvalue weighted by Crippen LogP contribution is -1.94. The maximum Gasteiger partial charge on any atom is 0.0619 e. The Bertz CT molecular complexity index is 2110. The van der Waals surface area contributed by atoms with Crippen molar-refractivity contribution in [3.05, 3.63) is 158 Å². The van der Waals surface area contributed by atoms with Gasteiger partial charge in [0.1, 0.15) is 0 Å². The maximum atomic E-state index is 7.48. The van der Waals surface area contributed by atoms with Crippen LogP contribution in [-0.2, 0) is 0 Å². The van der Waals surface area contributed by atoms with Gasteiger partial charge in [-0.25, -0.2) is 0 Å². The van der Waals surface area contributed by atoms with E-state index in [0.29, 0.717) is 0 Å². The van der Waals surface area contributed by atoms with Crippen molar-refractivity contribution in [2.45, 2.75) is 0 Å². The zero-order chi connectivity index (χ0) is 27.8. The quantitative estimate of drug-likeness (QED) is 0.166. The van der Waals surface area contributed by atoms with Gasteiger partial charge in [0.05, 0.1) is 11.0 Å². The topological polar surface area (TPSA) is 28.8 Å². The maximum absolute atomic E-state index is 7.48. The number of rotatable bonds is 6. The number of aromatic nitrogens is 1. The summed E-state index contributed by atoms with van der Waals surface area (Å²) in [7, 11) is 0. The first kappa shape index (κ1) is 24.6. The van der Waals surface area contributed by atoms with E-state index in [0.717, 1.165) is 28.0 Å². The van der Waals surface area contributed by atoms with E-state index in [-0.39, 0.29) is 0 Å². The highest BCUT2D eigenvalue weighted by Crippen LogP contribution is 2.39. The van der Waals surface area contributed by atoms with Gasteiger partial charge in [0.15, 0.2) is 0 Å². The lowest BCUT2D eigenvalue weighted by Gasteiger charge is -2.12. The van der Waals surface area contributed by atoms with E-state index in [4.69, 9.17) is 5.41 Å². The summed E-state index contributed by atoms with van der Waals surface area (Å²) in [5.41, 5.74) is 10.3. The summed E-state index contributed by atoms with van der Waals surface area (Å²) < 4.78 is 2.41. The second-order valence-electron chi connectivity index (χ2n) is 10.2. The predicted octanol–water partition coefficient (Wildman–Crippen LogP) is 10.5. The second-order valence-corrected chi connectivity index (χ2v) is 10.2. The Morgan fingerprint density at radius 2 is 1.24 bits per heavy atom. The predicted molar refractivity (Wildman–Crippen MR) is 176 cm³/mol. The van der Waals surface area contributed by atoms with E-state index < -0.39 is 0 Å². The minimum absolute atomic E-state index is 0.937. The first-order chi connectivity index (χ1) is 20.2. The fourth-order valence-corrected chi connectivity index (χ4v) is 5.92. The molecule has 1 heterocycles. The minimum Gasteiger partial charge on any atom is -0.309 e. The summed E-state index contributed by atoms with van der Waals surface area (Å²) in [6.07, 6.45) is 4.88. The Kier molecular flexibility index (Phi) is 6.14. The highest BCUT2D eigenvalue weighted by atomic mass is 15.0. The molecule has 0 amide bonds. The molecule has 0 unspecified atom stereocenters. The highest BCUT2D eigenvalue weighted by molar-refractivity contribution is 6.19. The third-order valence-electron chi connectivity index (χ3n) is 7.88. The van der Waals surface area contributed by atoms with Crippen LogP contribution in [0.15, 0.2) is 152 Å². The molecule has 7 rings (SSSR count). The molecule has 0 atom stereocenters. The molecule has 0 aliphatic carbocycles. The zero-order valence-electron chi connectivity index (χ0n) is 22.6. The van der Waals surface area contributed by atoms with Gasteiger partial charge in [-0.15, -0.1) is 0 Å². The average Bonchev–Trinajstić information content (AvgIpc) is 3.38. The van der Waals surface area contributed by atoms with E-state index in [1.807, 2.05) is 0 Å². The molecule has 0 radical (unpaired) electrons. The smallest absolute Gasteiger partial charge is 0.0619 e. The van der Waals surface area contributed by atoms with Crippen molar-refractivity contribution in [3.8, 4) is 27.9 Å². The fourth-order valence-electron chi connectivity index (χ4n) is 5.92.